The summed E-state index contributed by atoms with van der Waals surface area (Å²) in [5.74, 6) is 0. The zero-order chi connectivity index (χ0) is 95.5. The lowest BCUT2D eigenvalue weighted by molar-refractivity contribution is 0.768. The summed E-state index contributed by atoms with van der Waals surface area (Å²) in [7, 11) is 0. The van der Waals surface area contributed by atoms with Crippen molar-refractivity contribution in [2.24, 2.45) is 0 Å². The van der Waals surface area contributed by atoms with Crippen LogP contribution in [-0.2, 0) is 21.7 Å². The minimum atomic E-state index is -0.424. The Labute approximate surface area is 843 Å². The van der Waals surface area contributed by atoms with E-state index >= 15 is 0 Å². The summed E-state index contributed by atoms with van der Waals surface area (Å²) < 4.78 is 0. The monoisotopic (exact) mass is 1830 g/mol. The van der Waals surface area contributed by atoms with E-state index in [2.05, 4.69) is 604 Å². The van der Waals surface area contributed by atoms with Crippen LogP contribution in [0.4, 0.5) is 34.1 Å². The maximum atomic E-state index is 2.37. The van der Waals surface area contributed by atoms with Crippen LogP contribution in [0.3, 0.4) is 0 Å². The first kappa shape index (κ1) is 86.0. The van der Waals surface area contributed by atoms with Gasteiger partial charge in [-0.25, -0.2) is 0 Å². The molecule has 144 heavy (non-hydrogen) atoms. The summed E-state index contributed by atoms with van der Waals surface area (Å²) in [6, 6.07) is 219. The van der Waals surface area contributed by atoms with Crippen molar-refractivity contribution < 1.29 is 0 Å². The lowest BCUT2D eigenvalue weighted by Crippen LogP contribution is -2.28. The highest BCUT2D eigenvalue weighted by molar-refractivity contribution is 5.93. The van der Waals surface area contributed by atoms with Gasteiger partial charge in [-0.3, -0.25) is 0 Å². The molecule has 23 aromatic rings. The number of hydrogen-bond acceptors (Lipinski definition) is 2. The predicted molar refractivity (Wildman–Crippen MR) is 599 cm³/mol. The van der Waals surface area contributed by atoms with Gasteiger partial charge in [0.15, 0.2) is 0 Å². The molecule has 2 nitrogen and oxygen atoms in total. The van der Waals surface area contributed by atoms with E-state index in [0.29, 0.717) is 0 Å². The summed E-state index contributed by atoms with van der Waals surface area (Å²) in [6.07, 6.45) is 0. The van der Waals surface area contributed by atoms with Crippen LogP contribution in [0, 0.1) is 0 Å². The topological polar surface area (TPSA) is 6.48 Å². The first-order valence-electron chi connectivity index (χ1n) is 50.1. The van der Waals surface area contributed by atoms with Gasteiger partial charge in [-0.05, 0) is 262 Å². The van der Waals surface area contributed by atoms with Crippen LogP contribution < -0.4 is 9.80 Å². The number of fused-ring (bicyclic) bond motifs is 12. The third-order valence-corrected chi connectivity index (χ3v) is 31.0. The maximum Gasteiger partial charge on any atom is 0.0713 e. The number of anilines is 6. The molecule has 0 bridgehead atoms. The maximum absolute atomic E-state index is 2.37. The zero-order valence-electron chi connectivity index (χ0n) is 79.5. The van der Waals surface area contributed by atoms with Crippen LogP contribution in [0.25, 0.3) is 100 Å². The fraction of sp³-hybridized carbons (Fsp3) is 0.0282. The standard InChI is InChI=1S/C74H51N.C68H47N/c1-4-18-52(19-5-1)55-36-46-62(47-37-55)75(63-48-38-56(39-49-63)53-32-42-60(43-33-53)73(58-20-6-2-7-21-58)69-28-14-10-24-65(69)66-25-11-15-29-70(66)73)64-50-40-57(41-51-64)54-34-44-61(45-35-54)74(59-22-8-3-9-23-59)71-30-16-12-26-67(71)68-27-13-17-31-72(68)74;1-4-18-52(19-5-1)67(63-28-14-10-24-59(63)60-25-11-15-29-64(60)67)54-40-32-48(33-41-54)50-36-44-57(45-37-50)69(56-22-8-3-9-23-56)58-46-38-51(39-47-58)49-34-42-55(43-35-49)68(53-20-6-2-7-21-53)65-30-16-12-26-61(65)62-27-13-17-31-66(62)68/h1-51H;1-47H. The Hall–Kier alpha value is -18.3. The highest BCUT2D eigenvalue weighted by atomic mass is 15.1. The molecule has 0 aromatic heterocycles. The van der Waals surface area contributed by atoms with Crippen molar-refractivity contribution in [2.75, 3.05) is 9.80 Å². The number of benzene rings is 23. The Kier molecular flexibility index (Phi) is 21.6. The lowest BCUT2D eigenvalue weighted by Gasteiger charge is -2.34. The van der Waals surface area contributed by atoms with E-state index in [-0.39, 0.29) is 0 Å². The SMILES string of the molecule is c1ccc(-c2ccc(N(c3ccc(-c4ccc(C5(c6ccccc6)c6ccccc6-c6ccccc65)cc4)cc3)c3ccc(-c4ccc(C5(c6ccccc6)c6ccccc6-c6ccccc65)cc4)cc3)cc2)cc1.c1ccc(N(c2ccc(-c3ccc(C4(c5ccccc5)c5ccccc5-c5ccccc54)cc3)cc2)c2ccc(-c3ccc(C4(c5ccccc5)c5ccccc5-c5ccccc54)cc3)cc2)cc1. The summed E-state index contributed by atoms with van der Waals surface area (Å²) in [5.41, 5.74) is 47.9. The molecule has 0 spiro atoms. The lowest BCUT2D eigenvalue weighted by atomic mass is 9.67. The largest absolute Gasteiger partial charge is 0.311 e. The highest BCUT2D eigenvalue weighted by Gasteiger charge is 2.50. The average Bonchev–Trinajstić information content (AvgIpc) is 1.55. The molecule has 0 aliphatic heterocycles. The van der Waals surface area contributed by atoms with E-state index in [1.54, 1.807) is 0 Å². The molecule has 0 fully saturated rings. The molecule has 0 unspecified atom stereocenters. The molecule has 2 heteroatoms. The van der Waals surface area contributed by atoms with Crippen molar-refractivity contribution in [1.82, 2.24) is 0 Å². The Balaban J connectivity index is 0.000000147. The van der Waals surface area contributed by atoms with Gasteiger partial charge in [0.25, 0.3) is 0 Å². The van der Waals surface area contributed by atoms with E-state index in [0.717, 1.165) is 34.1 Å². The third-order valence-electron chi connectivity index (χ3n) is 31.0. The number of rotatable bonds is 19. The molecule has 0 saturated heterocycles. The van der Waals surface area contributed by atoms with Crippen molar-refractivity contribution in [3.8, 4) is 100 Å². The van der Waals surface area contributed by atoms with Crippen molar-refractivity contribution >= 4 is 34.1 Å². The Bertz CT molecular complexity index is 7990. The van der Waals surface area contributed by atoms with E-state index < -0.39 is 21.7 Å². The van der Waals surface area contributed by atoms with Crippen LogP contribution >= 0.6 is 0 Å². The Morgan fingerprint density at radius 2 is 0.208 bits per heavy atom. The molecule has 4 aliphatic carbocycles. The second kappa shape index (κ2) is 36.1. The molecule has 0 amide bonds. The molecule has 27 rings (SSSR count). The fourth-order valence-electron chi connectivity index (χ4n) is 24.6. The van der Waals surface area contributed by atoms with E-state index in [1.165, 1.54) is 189 Å². The smallest absolute Gasteiger partial charge is 0.0713 e. The summed E-state index contributed by atoms with van der Waals surface area (Å²) in [4.78, 5) is 4.71. The second-order valence-corrected chi connectivity index (χ2v) is 38.2. The van der Waals surface area contributed by atoms with Gasteiger partial charge in [-0.1, -0.05) is 522 Å². The van der Waals surface area contributed by atoms with E-state index in [9.17, 15) is 0 Å². The number of nitrogens with zero attached hydrogens (tertiary/aromatic N) is 2. The fourth-order valence-corrected chi connectivity index (χ4v) is 24.6. The van der Waals surface area contributed by atoms with Gasteiger partial charge in [0.1, 0.15) is 0 Å². The predicted octanol–water partition coefficient (Wildman–Crippen LogP) is 36.1. The molecule has 0 heterocycles. The van der Waals surface area contributed by atoms with Crippen LogP contribution in [0.2, 0.25) is 0 Å². The van der Waals surface area contributed by atoms with Crippen LogP contribution in [0.5, 0.6) is 0 Å². The van der Waals surface area contributed by atoms with E-state index in [1.807, 2.05) is 0 Å². The molecule has 0 saturated carbocycles. The van der Waals surface area contributed by atoms with Crippen LogP contribution in [0.15, 0.2) is 595 Å². The van der Waals surface area contributed by atoms with Gasteiger partial charge < -0.3 is 9.80 Å². The summed E-state index contributed by atoms with van der Waals surface area (Å²) in [6.45, 7) is 0. The number of hydrogen-bond donors (Lipinski definition) is 0. The van der Waals surface area contributed by atoms with Crippen molar-refractivity contribution in [2.45, 2.75) is 21.7 Å². The van der Waals surface area contributed by atoms with Gasteiger partial charge in [0, 0.05) is 34.1 Å². The molecule has 4 aliphatic rings. The molecule has 676 valence electrons. The normalized spacial score (nSPS) is 13.4. The quantitative estimate of drug-likeness (QED) is 0.0796. The highest BCUT2D eigenvalue weighted by Crippen LogP contribution is 2.62. The number of para-hydroxylation sites is 1. The molecular weight excluding hydrogens is 1730 g/mol. The average molecular weight is 1830 g/mol. The van der Waals surface area contributed by atoms with Gasteiger partial charge in [-0.2, -0.15) is 0 Å². The van der Waals surface area contributed by atoms with Crippen molar-refractivity contribution in [1.29, 1.82) is 0 Å². The molecule has 0 radical (unpaired) electrons. The first-order chi connectivity index (χ1) is 71.4. The van der Waals surface area contributed by atoms with E-state index in [4.69, 9.17) is 0 Å². The van der Waals surface area contributed by atoms with Gasteiger partial charge in [-0.15, -0.1) is 0 Å². The van der Waals surface area contributed by atoms with Crippen LogP contribution in [0.1, 0.15) is 89.0 Å². The van der Waals surface area contributed by atoms with Crippen molar-refractivity contribution in [3.63, 3.8) is 0 Å². The van der Waals surface area contributed by atoms with Crippen LogP contribution in [-0.4, -0.2) is 0 Å². The minimum Gasteiger partial charge on any atom is -0.311 e. The minimum absolute atomic E-state index is 0.410. The summed E-state index contributed by atoms with van der Waals surface area (Å²) >= 11 is 0. The molecule has 23 aromatic carbocycles. The first-order valence-corrected chi connectivity index (χ1v) is 50.1. The zero-order valence-corrected chi connectivity index (χ0v) is 79.5. The third kappa shape index (κ3) is 14.1. The molecular formula is C142H98N2. The Morgan fingerprint density at radius 1 is 0.0903 bits per heavy atom. The molecule has 0 N–H and O–H groups in total. The summed E-state index contributed by atoms with van der Waals surface area (Å²) in [5, 5.41) is 0. The van der Waals surface area contributed by atoms with Crippen molar-refractivity contribution in [3.05, 3.63) is 684 Å². The van der Waals surface area contributed by atoms with Gasteiger partial charge in [0.2, 0.25) is 0 Å². The van der Waals surface area contributed by atoms with Gasteiger partial charge in [0.05, 0.1) is 21.7 Å². The molecule has 0 atom stereocenters. The second-order valence-electron chi connectivity index (χ2n) is 38.2. The van der Waals surface area contributed by atoms with Gasteiger partial charge >= 0.3 is 0 Å². The Morgan fingerprint density at radius 3 is 0.382 bits per heavy atom.